The molecule has 3 rings (SSSR count). The number of hydrogen-bond donors (Lipinski definition) is 1. The van der Waals surface area contributed by atoms with E-state index in [1.54, 1.807) is 11.3 Å². The number of nitrogens with one attached hydrogen (secondary N) is 1. The van der Waals surface area contributed by atoms with Crippen LogP contribution in [0.2, 0.25) is 0 Å². The fourth-order valence-corrected chi connectivity index (χ4v) is 4.75. The van der Waals surface area contributed by atoms with Crippen LogP contribution in [-0.4, -0.2) is 24.4 Å². The van der Waals surface area contributed by atoms with Gasteiger partial charge in [-0.15, -0.1) is 11.3 Å². The lowest BCUT2D eigenvalue weighted by Crippen LogP contribution is -2.24. The van der Waals surface area contributed by atoms with E-state index in [1.807, 2.05) is 19.2 Å². The molecule has 0 bridgehead atoms. The van der Waals surface area contributed by atoms with Crippen molar-refractivity contribution in [1.29, 1.82) is 5.26 Å². The number of benzene rings is 1. The van der Waals surface area contributed by atoms with Crippen LogP contribution in [0, 0.1) is 11.3 Å². The second kappa shape index (κ2) is 8.81. The predicted molar refractivity (Wildman–Crippen MR) is 109 cm³/mol. The fourth-order valence-electron chi connectivity index (χ4n) is 3.23. The first kappa shape index (κ1) is 19.1. The maximum Gasteiger partial charge on any atom is 0.226 e. The van der Waals surface area contributed by atoms with Gasteiger partial charge in [0.2, 0.25) is 5.91 Å². The summed E-state index contributed by atoms with van der Waals surface area (Å²) in [4.78, 5) is 15.8. The number of fused-ring (bicyclic) bond motifs is 1. The van der Waals surface area contributed by atoms with Gasteiger partial charge in [-0.1, -0.05) is 28.1 Å². The lowest BCUT2D eigenvalue weighted by molar-refractivity contribution is -0.116. The number of thiophene rings is 1. The van der Waals surface area contributed by atoms with Crippen molar-refractivity contribution >= 4 is 38.2 Å². The molecule has 1 aromatic heterocycles. The van der Waals surface area contributed by atoms with E-state index >= 15 is 0 Å². The third-order valence-corrected chi connectivity index (χ3v) is 6.36. The van der Waals surface area contributed by atoms with Crippen molar-refractivity contribution < 1.29 is 4.79 Å². The van der Waals surface area contributed by atoms with Gasteiger partial charge in [-0.3, -0.25) is 4.79 Å². The average Bonchev–Trinajstić information content (AvgIpc) is 2.99. The minimum Gasteiger partial charge on any atom is -0.317 e. The highest BCUT2D eigenvalue weighted by molar-refractivity contribution is 9.10. The standard InChI is InChI=1S/C20H22BrN3OS/c1-24(13-14-6-8-15(21)9-7-14)11-10-19(25)23-20-17(12-22)16-4-2-3-5-18(16)26-20/h6-9H,2-5,10-11,13H2,1H3,(H,23,25). The first-order valence-corrected chi connectivity index (χ1v) is 10.4. The monoisotopic (exact) mass is 431 g/mol. The summed E-state index contributed by atoms with van der Waals surface area (Å²) < 4.78 is 1.07. The maximum atomic E-state index is 12.3. The van der Waals surface area contributed by atoms with Crippen LogP contribution < -0.4 is 5.32 Å². The van der Waals surface area contributed by atoms with Gasteiger partial charge in [0.05, 0.1) is 5.56 Å². The highest BCUT2D eigenvalue weighted by atomic mass is 79.9. The number of anilines is 1. The van der Waals surface area contributed by atoms with Crippen molar-refractivity contribution in [3.05, 3.63) is 50.3 Å². The zero-order chi connectivity index (χ0) is 18.5. The molecular formula is C20H22BrN3OS. The Kier molecular flexibility index (Phi) is 6.47. The molecule has 0 radical (unpaired) electrons. The molecule has 0 spiro atoms. The third-order valence-electron chi connectivity index (χ3n) is 4.62. The predicted octanol–water partition coefficient (Wildman–Crippen LogP) is 4.72. The summed E-state index contributed by atoms with van der Waals surface area (Å²) in [6.07, 6.45) is 4.71. The number of nitrogens with zero attached hydrogens (tertiary/aromatic N) is 2. The quantitative estimate of drug-likeness (QED) is 0.719. The van der Waals surface area contributed by atoms with Crippen LogP contribution in [0.3, 0.4) is 0 Å². The van der Waals surface area contributed by atoms with Crippen LogP contribution in [0.15, 0.2) is 28.7 Å². The van der Waals surface area contributed by atoms with Gasteiger partial charge in [0.15, 0.2) is 0 Å². The number of nitriles is 1. The fraction of sp³-hybridized carbons (Fsp3) is 0.400. The SMILES string of the molecule is CN(CCC(=O)Nc1sc2c(c1C#N)CCCC2)Cc1ccc(Br)cc1. The molecule has 1 aromatic carbocycles. The summed E-state index contributed by atoms with van der Waals surface area (Å²) >= 11 is 5.02. The molecular weight excluding hydrogens is 410 g/mol. The second-order valence-corrected chi connectivity index (χ2v) is 8.71. The molecule has 2 aromatic rings. The van der Waals surface area contributed by atoms with E-state index in [9.17, 15) is 10.1 Å². The minimum absolute atomic E-state index is 0.0252. The molecule has 0 unspecified atom stereocenters. The molecule has 0 atom stereocenters. The smallest absolute Gasteiger partial charge is 0.226 e. The Bertz CT molecular complexity index is 823. The molecule has 0 saturated carbocycles. The number of carbonyl (C=O) groups is 1. The Morgan fingerprint density at radius 2 is 2.04 bits per heavy atom. The maximum absolute atomic E-state index is 12.3. The molecule has 1 aliphatic carbocycles. The number of amides is 1. The molecule has 1 amide bonds. The van der Waals surface area contributed by atoms with Crippen molar-refractivity contribution in [1.82, 2.24) is 4.90 Å². The van der Waals surface area contributed by atoms with Crippen molar-refractivity contribution in [3.8, 4) is 6.07 Å². The van der Waals surface area contributed by atoms with Gasteiger partial charge in [-0.05, 0) is 56.0 Å². The van der Waals surface area contributed by atoms with Crippen LogP contribution in [0.1, 0.15) is 40.8 Å². The van der Waals surface area contributed by atoms with Gasteiger partial charge in [-0.25, -0.2) is 0 Å². The van der Waals surface area contributed by atoms with Crippen LogP contribution in [0.25, 0.3) is 0 Å². The van der Waals surface area contributed by atoms with Crippen LogP contribution in [0.4, 0.5) is 5.00 Å². The first-order valence-electron chi connectivity index (χ1n) is 8.84. The number of aryl methyl sites for hydroxylation is 1. The van der Waals surface area contributed by atoms with Gasteiger partial charge >= 0.3 is 0 Å². The molecule has 6 heteroatoms. The van der Waals surface area contributed by atoms with E-state index < -0.39 is 0 Å². The Hall–Kier alpha value is -1.68. The van der Waals surface area contributed by atoms with Crippen LogP contribution in [-0.2, 0) is 24.2 Å². The zero-order valence-corrected chi connectivity index (χ0v) is 17.3. The van der Waals surface area contributed by atoms with Crippen LogP contribution in [0.5, 0.6) is 0 Å². The number of rotatable bonds is 6. The van der Waals surface area contributed by atoms with Gasteiger partial charge < -0.3 is 10.2 Å². The number of halogens is 1. The Balaban J connectivity index is 1.53. The molecule has 0 saturated heterocycles. The summed E-state index contributed by atoms with van der Waals surface area (Å²) in [5, 5.41) is 13.2. The van der Waals surface area contributed by atoms with Crippen LogP contribution >= 0.6 is 27.3 Å². The first-order chi connectivity index (χ1) is 12.6. The molecule has 0 aliphatic heterocycles. The van der Waals surface area contributed by atoms with E-state index in [2.05, 4.69) is 44.3 Å². The third kappa shape index (κ3) is 4.73. The van der Waals surface area contributed by atoms with E-state index in [4.69, 9.17) is 0 Å². The molecule has 136 valence electrons. The highest BCUT2D eigenvalue weighted by Gasteiger charge is 2.21. The lowest BCUT2D eigenvalue weighted by Gasteiger charge is -2.16. The van der Waals surface area contributed by atoms with Gasteiger partial charge in [-0.2, -0.15) is 5.26 Å². The molecule has 1 aliphatic rings. The zero-order valence-electron chi connectivity index (χ0n) is 14.8. The Morgan fingerprint density at radius 1 is 1.31 bits per heavy atom. The normalized spacial score (nSPS) is 13.3. The van der Waals surface area contributed by atoms with E-state index in [0.717, 1.165) is 40.8 Å². The van der Waals surface area contributed by atoms with Gasteiger partial charge in [0.1, 0.15) is 11.1 Å². The highest BCUT2D eigenvalue weighted by Crippen LogP contribution is 2.37. The molecule has 26 heavy (non-hydrogen) atoms. The van der Waals surface area contributed by atoms with Gasteiger partial charge in [0.25, 0.3) is 0 Å². The van der Waals surface area contributed by atoms with Crippen molar-refractivity contribution in [2.45, 2.75) is 38.6 Å². The minimum atomic E-state index is -0.0252. The summed E-state index contributed by atoms with van der Waals surface area (Å²) in [5.74, 6) is -0.0252. The molecule has 1 N–H and O–H groups in total. The summed E-state index contributed by atoms with van der Waals surface area (Å²) in [6.45, 7) is 1.48. The summed E-state index contributed by atoms with van der Waals surface area (Å²) in [5.41, 5.74) is 3.06. The van der Waals surface area contributed by atoms with E-state index in [0.29, 0.717) is 18.5 Å². The van der Waals surface area contributed by atoms with E-state index in [-0.39, 0.29) is 5.91 Å². The van der Waals surface area contributed by atoms with Crippen molar-refractivity contribution in [2.24, 2.45) is 0 Å². The second-order valence-electron chi connectivity index (χ2n) is 6.69. The van der Waals surface area contributed by atoms with Gasteiger partial charge in [0, 0.05) is 28.9 Å². The van der Waals surface area contributed by atoms with Crippen molar-refractivity contribution in [3.63, 3.8) is 0 Å². The topological polar surface area (TPSA) is 56.1 Å². The lowest BCUT2D eigenvalue weighted by atomic mass is 9.96. The Morgan fingerprint density at radius 3 is 2.77 bits per heavy atom. The molecule has 0 fully saturated rings. The molecule has 4 nitrogen and oxygen atoms in total. The Labute approximate surface area is 167 Å². The summed E-state index contributed by atoms with van der Waals surface area (Å²) in [6, 6.07) is 10.5. The van der Waals surface area contributed by atoms with Crippen molar-refractivity contribution in [2.75, 3.05) is 18.9 Å². The molecule has 1 heterocycles. The number of carbonyl (C=O) groups excluding carboxylic acids is 1. The largest absolute Gasteiger partial charge is 0.317 e. The summed E-state index contributed by atoms with van der Waals surface area (Å²) in [7, 11) is 2.01. The number of hydrogen-bond acceptors (Lipinski definition) is 4. The van der Waals surface area contributed by atoms with E-state index in [1.165, 1.54) is 16.9 Å². The average molecular weight is 432 g/mol.